The Kier molecular flexibility index (Phi) is 7.68. The van der Waals surface area contributed by atoms with Crippen LogP contribution in [-0.4, -0.2) is 30.5 Å². The number of amides is 1. The molecular formula is C29H28FNO5. The third-order valence-corrected chi connectivity index (χ3v) is 6.14. The van der Waals surface area contributed by atoms with Crippen LogP contribution >= 0.6 is 0 Å². The summed E-state index contributed by atoms with van der Waals surface area (Å²) in [5.74, 6) is -1.52. The summed E-state index contributed by atoms with van der Waals surface area (Å²) in [6.07, 6.45) is 3.10. The number of hydrogen-bond donors (Lipinski definition) is 1. The number of carbonyl (C=O) groups is 2. The van der Waals surface area contributed by atoms with E-state index < -0.39 is 23.5 Å². The van der Waals surface area contributed by atoms with Crippen LogP contribution in [0, 0.1) is 5.82 Å². The molecule has 0 saturated carbocycles. The minimum Gasteiger partial charge on any atom is -0.507 e. The number of anilines is 1. The zero-order chi connectivity index (χ0) is 25.7. The zero-order valence-electron chi connectivity index (χ0n) is 20.2. The molecule has 186 valence electrons. The molecule has 0 aliphatic carbocycles. The summed E-state index contributed by atoms with van der Waals surface area (Å²) in [4.78, 5) is 27.6. The molecule has 1 amide bonds. The highest BCUT2D eigenvalue weighted by molar-refractivity contribution is 6.51. The quantitative estimate of drug-likeness (QED) is 0.172. The first-order valence-electron chi connectivity index (χ1n) is 11.9. The Balaban J connectivity index is 1.76. The Bertz CT molecular complexity index is 1270. The van der Waals surface area contributed by atoms with Gasteiger partial charge in [0.25, 0.3) is 11.7 Å². The van der Waals surface area contributed by atoms with Crippen molar-refractivity contribution >= 4 is 23.1 Å². The molecule has 0 radical (unpaired) electrons. The van der Waals surface area contributed by atoms with Gasteiger partial charge in [0, 0.05) is 16.8 Å². The lowest BCUT2D eigenvalue weighted by Gasteiger charge is -2.25. The van der Waals surface area contributed by atoms with Crippen molar-refractivity contribution < 1.29 is 28.6 Å². The molecule has 0 spiro atoms. The van der Waals surface area contributed by atoms with Crippen LogP contribution in [0.2, 0.25) is 0 Å². The van der Waals surface area contributed by atoms with E-state index in [9.17, 15) is 19.1 Å². The predicted molar refractivity (Wildman–Crippen MR) is 136 cm³/mol. The standard InChI is InChI=1S/C29H28FNO5/c1-3-4-7-18-36-22-14-10-19(11-15-22)27(32)25-26(23-8-5-6-9-24(23)30)31(29(34)28(25)33)20-12-16-21(35-2)17-13-20/h5-6,8-17,26,32H,3-4,7,18H2,1-2H3/b27-25-. The van der Waals surface area contributed by atoms with E-state index in [1.807, 2.05) is 0 Å². The molecule has 0 aromatic heterocycles. The SMILES string of the molecule is CCCCCOc1ccc(/C(O)=C2/C(=O)C(=O)N(c3ccc(OC)cc3)C2c2ccccc2F)cc1. The Labute approximate surface area is 209 Å². The maximum atomic E-state index is 15.0. The number of benzene rings is 3. The second-order valence-electron chi connectivity index (χ2n) is 8.47. The maximum absolute atomic E-state index is 15.0. The van der Waals surface area contributed by atoms with Gasteiger partial charge in [-0.25, -0.2) is 4.39 Å². The zero-order valence-corrected chi connectivity index (χ0v) is 20.2. The number of methoxy groups -OCH3 is 1. The molecule has 1 atom stereocenters. The summed E-state index contributed by atoms with van der Waals surface area (Å²) >= 11 is 0. The first-order chi connectivity index (χ1) is 17.5. The lowest BCUT2D eigenvalue weighted by atomic mass is 9.94. The fraction of sp³-hybridized carbons (Fsp3) is 0.241. The second-order valence-corrected chi connectivity index (χ2v) is 8.47. The lowest BCUT2D eigenvalue weighted by molar-refractivity contribution is -0.132. The van der Waals surface area contributed by atoms with E-state index in [0.29, 0.717) is 29.4 Å². The molecule has 36 heavy (non-hydrogen) atoms. The Morgan fingerprint density at radius 1 is 0.944 bits per heavy atom. The number of ether oxygens (including phenoxy) is 2. The fourth-order valence-corrected chi connectivity index (χ4v) is 4.24. The van der Waals surface area contributed by atoms with E-state index in [1.54, 1.807) is 54.6 Å². The minimum absolute atomic E-state index is 0.102. The second kappa shape index (κ2) is 11.1. The number of hydrogen-bond acceptors (Lipinski definition) is 5. The Morgan fingerprint density at radius 3 is 2.25 bits per heavy atom. The van der Waals surface area contributed by atoms with Crippen LogP contribution in [0.25, 0.3) is 5.76 Å². The van der Waals surface area contributed by atoms with E-state index in [-0.39, 0.29) is 16.9 Å². The molecule has 1 fully saturated rings. The summed E-state index contributed by atoms with van der Waals surface area (Å²) in [6, 6.07) is 17.9. The molecule has 7 heteroatoms. The smallest absolute Gasteiger partial charge is 0.300 e. The van der Waals surface area contributed by atoms with E-state index in [2.05, 4.69) is 6.92 Å². The van der Waals surface area contributed by atoms with Crippen molar-refractivity contribution in [2.75, 3.05) is 18.6 Å². The topological polar surface area (TPSA) is 76.1 Å². The van der Waals surface area contributed by atoms with E-state index in [0.717, 1.165) is 19.3 Å². The van der Waals surface area contributed by atoms with Crippen molar-refractivity contribution in [1.29, 1.82) is 0 Å². The average molecular weight is 490 g/mol. The van der Waals surface area contributed by atoms with Gasteiger partial charge in [-0.15, -0.1) is 0 Å². The number of unbranched alkanes of at least 4 members (excludes halogenated alkanes) is 2. The van der Waals surface area contributed by atoms with E-state index in [1.165, 1.54) is 30.2 Å². The van der Waals surface area contributed by atoms with Crippen LogP contribution in [0.3, 0.4) is 0 Å². The number of aliphatic hydroxyl groups excluding tert-OH is 1. The van der Waals surface area contributed by atoms with Gasteiger partial charge in [-0.2, -0.15) is 0 Å². The van der Waals surface area contributed by atoms with Crippen molar-refractivity contribution in [2.45, 2.75) is 32.2 Å². The number of halogens is 1. The molecule has 0 bridgehead atoms. The third-order valence-electron chi connectivity index (χ3n) is 6.14. The van der Waals surface area contributed by atoms with Crippen molar-refractivity contribution in [3.63, 3.8) is 0 Å². The molecule has 1 N–H and O–H groups in total. The number of ketones is 1. The summed E-state index contributed by atoms with van der Waals surface area (Å²) < 4.78 is 25.9. The van der Waals surface area contributed by atoms with Gasteiger partial charge in [-0.1, -0.05) is 38.0 Å². The Morgan fingerprint density at radius 2 is 1.61 bits per heavy atom. The molecule has 4 rings (SSSR count). The van der Waals surface area contributed by atoms with Gasteiger partial charge < -0.3 is 14.6 Å². The van der Waals surface area contributed by atoms with Crippen LogP contribution in [0.15, 0.2) is 78.4 Å². The van der Waals surface area contributed by atoms with Crippen molar-refractivity contribution in [3.05, 3.63) is 95.3 Å². The molecule has 1 aliphatic rings. The number of rotatable bonds is 9. The summed E-state index contributed by atoms with van der Waals surface area (Å²) in [5.41, 5.74) is 0.619. The third kappa shape index (κ3) is 4.96. The minimum atomic E-state index is -1.15. The van der Waals surface area contributed by atoms with E-state index in [4.69, 9.17) is 9.47 Å². The molecular weight excluding hydrogens is 461 g/mol. The predicted octanol–water partition coefficient (Wildman–Crippen LogP) is 6.03. The number of nitrogens with zero attached hydrogens (tertiary/aromatic N) is 1. The van der Waals surface area contributed by atoms with Gasteiger partial charge in [0.1, 0.15) is 23.1 Å². The summed E-state index contributed by atoms with van der Waals surface area (Å²) in [5, 5.41) is 11.2. The van der Waals surface area contributed by atoms with Crippen LogP contribution in [0.5, 0.6) is 11.5 Å². The molecule has 3 aromatic carbocycles. The molecule has 3 aromatic rings. The fourth-order valence-electron chi connectivity index (χ4n) is 4.24. The first kappa shape index (κ1) is 25.0. The molecule has 6 nitrogen and oxygen atoms in total. The normalized spacial score (nSPS) is 16.9. The van der Waals surface area contributed by atoms with Crippen LogP contribution in [0.4, 0.5) is 10.1 Å². The van der Waals surface area contributed by atoms with Gasteiger partial charge >= 0.3 is 0 Å². The van der Waals surface area contributed by atoms with Crippen molar-refractivity contribution in [3.8, 4) is 11.5 Å². The molecule has 1 heterocycles. The number of Topliss-reactive ketones (excluding diaryl/α,β-unsaturated/α-hetero) is 1. The first-order valence-corrected chi connectivity index (χ1v) is 11.9. The summed E-state index contributed by atoms with van der Waals surface area (Å²) in [7, 11) is 1.52. The highest BCUT2D eigenvalue weighted by atomic mass is 19.1. The lowest BCUT2D eigenvalue weighted by Crippen LogP contribution is -2.29. The van der Waals surface area contributed by atoms with Gasteiger partial charge in [-0.3, -0.25) is 14.5 Å². The highest BCUT2D eigenvalue weighted by Gasteiger charge is 2.47. The molecule has 1 saturated heterocycles. The maximum Gasteiger partial charge on any atom is 0.300 e. The average Bonchev–Trinajstić information content (AvgIpc) is 3.17. The number of aliphatic hydroxyl groups is 1. The van der Waals surface area contributed by atoms with Gasteiger partial charge in [0.05, 0.1) is 25.3 Å². The van der Waals surface area contributed by atoms with Crippen molar-refractivity contribution in [2.24, 2.45) is 0 Å². The highest BCUT2D eigenvalue weighted by Crippen LogP contribution is 2.43. The van der Waals surface area contributed by atoms with Gasteiger partial charge in [-0.05, 0) is 61.0 Å². The van der Waals surface area contributed by atoms with E-state index >= 15 is 0 Å². The summed E-state index contributed by atoms with van der Waals surface area (Å²) in [6.45, 7) is 2.70. The molecule has 1 unspecified atom stereocenters. The molecule has 1 aliphatic heterocycles. The van der Waals surface area contributed by atoms with Crippen LogP contribution < -0.4 is 14.4 Å². The Hall–Kier alpha value is -4.13. The van der Waals surface area contributed by atoms with Crippen molar-refractivity contribution in [1.82, 2.24) is 0 Å². The largest absolute Gasteiger partial charge is 0.507 e. The van der Waals surface area contributed by atoms with Gasteiger partial charge in [0.15, 0.2) is 0 Å². The van der Waals surface area contributed by atoms with Gasteiger partial charge in [0.2, 0.25) is 0 Å². The number of carbonyl (C=O) groups excluding carboxylic acids is 2. The van der Waals surface area contributed by atoms with Crippen LogP contribution in [-0.2, 0) is 9.59 Å². The van der Waals surface area contributed by atoms with Crippen LogP contribution in [0.1, 0.15) is 43.4 Å². The monoisotopic (exact) mass is 489 g/mol.